The Morgan fingerprint density at radius 2 is 1.91 bits per heavy atom. The number of rotatable bonds is 4. The summed E-state index contributed by atoms with van der Waals surface area (Å²) in [5, 5.41) is 18.1. The zero-order valence-corrected chi connectivity index (χ0v) is 12.8. The quantitative estimate of drug-likeness (QED) is 0.434. The van der Waals surface area contributed by atoms with Gasteiger partial charge < -0.3 is 15.3 Å². The van der Waals surface area contributed by atoms with Crippen molar-refractivity contribution in [3.05, 3.63) is 53.6 Å². The molecule has 0 saturated heterocycles. The Labute approximate surface area is 132 Å². The molecular formula is C16H15N3O2S. The number of phenolic OH excluding ortho intramolecular Hbond substituents is 1. The molecule has 0 amide bonds. The van der Waals surface area contributed by atoms with Crippen LogP contribution >= 0.6 is 11.8 Å². The first-order valence-electron chi connectivity index (χ1n) is 6.73. The highest BCUT2D eigenvalue weighted by Crippen LogP contribution is 2.33. The molecule has 0 atom stereocenters. The minimum absolute atomic E-state index is 0.00422. The molecule has 1 aromatic heterocycles. The van der Waals surface area contributed by atoms with Crippen LogP contribution in [0.25, 0.3) is 11.5 Å². The molecule has 1 heterocycles. The highest BCUT2D eigenvalue weighted by Gasteiger charge is 2.13. The highest BCUT2D eigenvalue weighted by atomic mass is 32.2. The first kappa shape index (κ1) is 14.5. The van der Waals surface area contributed by atoms with E-state index in [1.54, 1.807) is 12.1 Å². The molecule has 0 unspecified atom stereocenters. The van der Waals surface area contributed by atoms with Crippen molar-refractivity contribution in [2.75, 3.05) is 5.73 Å². The van der Waals surface area contributed by atoms with E-state index in [9.17, 15) is 5.11 Å². The van der Waals surface area contributed by atoms with Crippen LogP contribution in [-0.4, -0.2) is 15.3 Å². The number of nitrogen functional groups attached to an aromatic ring is 1. The third kappa shape index (κ3) is 3.07. The van der Waals surface area contributed by atoms with Crippen LogP contribution in [0.4, 0.5) is 5.69 Å². The third-order valence-corrected chi connectivity index (χ3v) is 4.09. The number of benzene rings is 2. The molecule has 0 aliphatic carbocycles. The fraction of sp³-hybridized carbons (Fsp3) is 0.125. The summed E-state index contributed by atoms with van der Waals surface area (Å²) < 4.78 is 5.60. The lowest BCUT2D eigenvalue weighted by atomic mass is 10.1. The summed E-state index contributed by atoms with van der Waals surface area (Å²) in [5.74, 6) is 1.06. The molecule has 0 saturated carbocycles. The van der Waals surface area contributed by atoms with Crippen molar-refractivity contribution in [2.24, 2.45) is 0 Å². The number of nitrogens with two attached hydrogens (primary N) is 1. The fourth-order valence-electron chi connectivity index (χ4n) is 1.95. The Morgan fingerprint density at radius 1 is 1.14 bits per heavy atom. The average Bonchev–Trinajstić information content (AvgIpc) is 2.98. The van der Waals surface area contributed by atoms with Gasteiger partial charge in [0, 0.05) is 5.75 Å². The lowest BCUT2D eigenvalue weighted by Crippen LogP contribution is -1.90. The molecule has 3 N–H and O–H groups in total. The van der Waals surface area contributed by atoms with E-state index in [1.165, 1.54) is 29.0 Å². The van der Waals surface area contributed by atoms with Crippen molar-refractivity contribution >= 4 is 17.4 Å². The summed E-state index contributed by atoms with van der Waals surface area (Å²) in [6, 6.07) is 13.2. The number of aromatic hydroxyl groups is 1. The van der Waals surface area contributed by atoms with Gasteiger partial charge in [0.05, 0.1) is 11.3 Å². The smallest absolute Gasteiger partial charge is 0.277 e. The maximum atomic E-state index is 9.62. The Morgan fingerprint density at radius 3 is 2.68 bits per heavy atom. The molecule has 0 aliphatic heterocycles. The minimum atomic E-state index is 0.00422. The second-order valence-corrected chi connectivity index (χ2v) is 5.81. The maximum absolute atomic E-state index is 9.62. The predicted octanol–water partition coefficient (Wildman–Crippen LogP) is 3.63. The second-order valence-electron chi connectivity index (χ2n) is 4.89. The number of hydrogen-bond donors (Lipinski definition) is 2. The van der Waals surface area contributed by atoms with Gasteiger partial charge in [0.25, 0.3) is 11.1 Å². The first-order chi connectivity index (χ1) is 10.6. The van der Waals surface area contributed by atoms with E-state index in [4.69, 9.17) is 10.2 Å². The summed E-state index contributed by atoms with van der Waals surface area (Å²) in [7, 11) is 0. The maximum Gasteiger partial charge on any atom is 0.277 e. The van der Waals surface area contributed by atoms with E-state index in [1.807, 2.05) is 0 Å². The first-order valence-corrected chi connectivity index (χ1v) is 7.72. The number of anilines is 1. The Bertz CT molecular complexity index is 784. The lowest BCUT2D eigenvalue weighted by Gasteiger charge is -2.02. The highest BCUT2D eigenvalue weighted by molar-refractivity contribution is 7.98. The van der Waals surface area contributed by atoms with Crippen molar-refractivity contribution in [3.63, 3.8) is 0 Å². The van der Waals surface area contributed by atoms with Gasteiger partial charge in [0.15, 0.2) is 0 Å². The molecule has 6 heteroatoms. The summed E-state index contributed by atoms with van der Waals surface area (Å²) in [5.41, 5.74) is 9.01. The molecule has 22 heavy (non-hydrogen) atoms. The van der Waals surface area contributed by atoms with Crippen LogP contribution in [-0.2, 0) is 5.75 Å². The number of hydrogen-bond acceptors (Lipinski definition) is 6. The van der Waals surface area contributed by atoms with Crippen molar-refractivity contribution < 1.29 is 9.52 Å². The van der Waals surface area contributed by atoms with E-state index in [-0.39, 0.29) is 11.4 Å². The molecule has 0 spiro atoms. The van der Waals surface area contributed by atoms with Crippen LogP contribution in [0.1, 0.15) is 11.1 Å². The van der Waals surface area contributed by atoms with Gasteiger partial charge in [-0.3, -0.25) is 0 Å². The molecule has 0 aliphatic rings. The normalized spacial score (nSPS) is 10.8. The predicted molar refractivity (Wildman–Crippen MR) is 86.6 cm³/mol. The number of aryl methyl sites for hydroxylation is 1. The average molecular weight is 313 g/mol. The van der Waals surface area contributed by atoms with Gasteiger partial charge in [-0.05, 0) is 24.6 Å². The summed E-state index contributed by atoms with van der Waals surface area (Å²) in [6.45, 7) is 2.06. The van der Waals surface area contributed by atoms with Gasteiger partial charge in [0.2, 0.25) is 0 Å². The molecule has 0 bridgehead atoms. The van der Waals surface area contributed by atoms with E-state index in [0.717, 1.165) is 5.75 Å². The third-order valence-electron chi connectivity index (χ3n) is 3.20. The molecule has 3 rings (SSSR count). The van der Waals surface area contributed by atoms with Gasteiger partial charge in [-0.2, -0.15) is 0 Å². The largest absolute Gasteiger partial charge is 0.506 e. The van der Waals surface area contributed by atoms with Crippen LogP contribution < -0.4 is 5.73 Å². The molecule has 2 aromatic carbocycles. The number of phenols is 1. The van der Waals surface area contributed by atoms with E-state index in [2.05, 4.69) is 41.4 Å². The van der Waals surface area contributed by atoms with Crippen LogP contribution in [0.15, 0.2) is 52.1 Å². The lowest BCUT2D eigenvalue weighted by molar-refractivity contribution is 0.463. The van der Waals surface area contributed by atoms with Crippen molar-refractivity contribution in [2.45, 2.75) is 17.9 Å². The topological polar surface area (TPSA) is 85.2 Å². The van der Waals surface area contributed by atoms with Crippen LogP contribution in [0.5, 0.6) is 5.75 Å². The summed E-state index contributed by atoms with van der Waals surface area (Å²) in [6.07, 6.45) is 0. The molecule has 5 nitrogen and oxygen atoms in total. The fourth-order valence-corrected chi connectivity index (χ4v) is 2.66. The van der Waals surface area contributed by atoms with Gasteiger partial charge in [-0.25, -0.2) is 0 Å². The van der Waals surface area contributed by atoms with E-state index in [0.29, 0.717) is 16.7 Å². The Hall–Kier alpha value is -2.47. The Balaban J connectivity index is 1.74. The molecule has 112 valence electrons. The van der Waals surface area contributed by atoms with Crippen molar-refractivity contribution in [1.29, 1.82) is 0 Å². The molecular weight excluding hydrogens is 298 g/mol. The second kappa shape index (κ2) is 6.11. The van der Waals surface area contributed by atoms with Crippen molar-refractivity contribution in [3.8, 4) is 17.2 Å². The van der Waals surface area contributed by atoms with E-state index < -0.39 is 0 Å². The summed E-state index contributed by atoms with van der Waals surface area (Å²) in [4.78, 5) is 0. The zero-order valence-electron chi connectivity index (χ0n) is 12.0. The standard InChI is InChI=1S/C16H15N3O2S/c1-10-5-7-11(8-6-10)9-22-16-19-18-15(21-16)12-3-2-4-13(20)14(12)17/h2-8,20H,9,17H2,1H3. The number of para-hydroxylation sites is 1. The van der Waals surface area contributed by atoms with Crippen LogP contribution in [0, 0.1) is 6.92 Å². The van der Waals surface area contributed by atoms with Crippen LogP contribution in [0.3, 0.4) is 0 Å². The van der Waals surface area contributed by atoms with Crippen LogP contribution in [0.2, 0.25) is 0 Å². The van der Waals surface area contributed by atoms with Gasteiger partial charge in [-0.15, -0.1) is 10.2 Å². The number of thioether (sulfide) groups is 1. The summed E-state index contributed by atoms with van der Waals surface area (Å²) >= 11 is 1.46. The molecule has 3 aromatic rings. The Kier molecular flexibility index (Phi) is 4.02. The van der Waals surface area contributed by atoms with Crippen molar-refractivity contribution in [1.82, 2.24) is 10.2 Å². The van der Waals surface area contributed by atoms with E-state index >= 15 is 0 Å². The number of aromatic nitrogens is 2. The van der Waals surface area contributed by atoms with Gasteiger partial charge in [-0.1, -0.05) is 47.7 Å². The van der Waals surface area contributed by atoms with Gasteiger partial charge in [0.1, 0.15) is 5.75 Å². The monoisotopic (exact) mass is 313 g/mol. The SMILES string of the molecule is Cc1ccc(CSc2nnc(-c3cccc(O)c3N)o2)cc1. The molecule has 0 fully saturated rings. The van der Waals surface area contributed by atoms with Gasteiger partial charge >= 0.3 is 0 Å². The molecule has 0 radical (unpaired) electrons. The minimum Gasteiger partial charge on any atom is -0.506 e. The number of nitrogens with zero attached hydrogens (tertiary/aromatic N) is 2. The zero-order chi connectivity index (χ0) is 15.5.